The lowest BCUT2D eigenvalue weighted by atomic mass is 9.89. The first-order valence-electron chi connectivity index (χ1n) is 4.38. The van der Waals surface area contributed by atoms with Crippen LogP contribution in [0.2, 0.25) is 0 Å². The van der Waals surface area contributed by atoms with Gasteiger partial charge in [0.2, 0.25) is 0 Å². The zero-order valence-electron chi connectivity index (χ0n) is 7.43. The van der Waals surface area contributed by atoms with Crippen LogP contribution in [0, 0.1) is 5.92 Å². The maximum atomic E-state index is 9.75. The van der Waals surface area contributed by atoms with Crippen LogP contribution in [0.1, 0.15) is 13.3 Å². The Kier molecular flexibility index (Phi) is 4.37. The summed E-state index contributed by atoms with van der Waals surface area (Å²) in [5, 5.41) is 28.1. The van der Waals surface area contributed by atoms with Gasteiger partial charge in [-0.15, -0.1) is 0 Å². The summed E-state index contributed by atoms with van der Waals surface area (Å²) >= 11 is 1.97. The first-order chi connectivity index (χ1) is 6.11. The van der Waals surface area contributed by atoms with Crippen molar-refractivity contribution in [3.8, 4) is 0 Å². The molecule has 1 aliphatic heterocycles. The van der Waals surface area contributed by atoms with Crippen molar-refractivity contribution in [2.45, 2.75) is 35.8 Å². The largest absolute Gasteiger partial charge is 0.394 e. The molecule has 0 aromatic heterocycles. The highest BCUT2D eigenvalue weighted by atomic mass is 127. The van der Waals surface area contributed by atoms with Gasteiger partial charge in [0.25, 0.3) is 0 Å². The zero-order chi connectivity index (χ0) is 10.0. The van der Waals surface area contributed by atoms with Crippen LogP contribution in [-0.2, 0) is 4.74 Å². The van der Waals surface area contributed by atoms with E-state index >= 15 is 0 Å². The number of alkyl halides is 1. The molecule has 1 aliphatic rings. The van der Waals surface area contributed by atoms with Gasteiger partial charge < -0.3 is 20.1 Å². The van der Waals surface area contributed by atoms with Gasteiger partial charge in [-0.25, -0.2) is 0 Å². The Morgan fingerprint density at radius 3 is 2.46 bits per heavy atom. The fourth-order valence-corrected chi connectivity index (χ4v) is 2.37. The van der Waals surface area contributed by atoms with E-state index in [4.69, 9.17) is 9.84 Å². The quantitative estimate of drug-likeness (QED) is 0.492. The van der Waals surface area contributed by atoms with Crippen molar-refractivity contribution >= 4 is 22.6 Å². The molecule has 1 rings (SSSR count). The van der Waals surface area contributed by atoms with Gasteiger partial charge in [-0.05, 0) is 6.42 Å². The lowest BCUT2D eigenvalue weighted by Crippen LogP contribution is -2.52. The molecular weight excluding hydrogens is 287 g/mol. The molecule has 0 bridgehead atoms. The van der Waals surface area contributed by atoms with Gasteiger partial charge in [0.05, 0.1) is 22.7 Å². The van der Waals surface area contributed by atoms with Crippen molar-refractivity contribution in [3.63, 3.8) is 0 Å². The van der Waals surface area contributed by atoms with Crippen LogP contribution in [0.5, 0.6) is 0 Å². The Labute approximate surface area is 91.0 Å². The fourth-order valence-electron chi connectivity index (χ4n) is 1.66. The van der Waals surface area contributed by atoms with Crippen molar-refractivity contribution in [3.05, 3.63) is 0 Å². The van der Waals surface area contributed by atoms with Crippen molar-refractivity contribution in [1.29, 1.82) is 0 Å². The molecule has 0 saturated carbocycles. The molecular formula is C8H15IO4. The Morgan fingerprint density at radius 1 is 1.38 bits per heavy atom. The first kappa shape index (κ1) is 11.6. The third-order valence-corrected chi connectivity index (χ3v) is 3.83. The number of ether oxygens (including phenoxy) is 1. The van der Waals surface area contributed by atoms with Gasteiger partial charge in [0, 0.05) is 5.92 Å². The molecule has 0 radical (unpaired) electrons. The second kappa shape index (κ2) is 4.88. The predicted octanol–water partition coefficient (Wildman–Crippen LogP) is -0.113. The van der Waals surface area contributed by atoms with E-state index in [0.29, 0.717) is 0 Å². The second-order valence-electron chi connectivity index (χ2n) is 3.25. The SMILES string of the molecule is CC[C@@H]1C(CO)O[C@H](O)C(I)C1O. The lowest BCUT2D eigenvalue weighted by Gasteiger charge is -2.40. The van der Waals surface area contributed by atoms with E-state index in [0.717, 1.165) is 6.42 Å². The van der Waals surface area contributed by atoms with Gasteiger partial charge >= 0.3 is 0 Å². The second-order valence-corrected chi connectivity index (χ2v) is 4.69. The van der Waals surface area contributed by atoms with Crippen molar-refractivity contribution < 1.29 is 20.1 Å². The van der Waals surface area contributed by atoms with Crippen LogP contribution in [0.3, 0.4) is 0 Å². The van der Waals surface area contributed by atoms with Crippen LogP contribution in [-0.4, -0.2) is 44.3 Å². The molecule has 5 atom stereocenters. The summed E-state index contributed by atoms with van der Waals surface area (Å²) in [6.07, 6.45) is -1.29. The highest BCUT2D eigenvalue weighted by Crippen LogP contribution is 2.31. The Balaban J connectivity index is 2.69. The molecule has 4 nitrogen and oxygen atoms in total. The van der Waals surface area contributed by atoms with Crippen LogP contribution < -0.4 is 0 Å². The molecule has 1 heterocycles. The summed E-state index contributed by atoms with van der Waals surface area (Å²) in [5.41, 5.74) is 0. The molecule has 13 heavy (non-hydrogen) atoms. The van der Waals surface area contributed by atoms with Crippen molar-refractivity contribution in [2.24, 2.45) is 5.92 Å². The van der Waals surface area contributed by atoms with E-state index in [1.54, 1.807) is 0 Å². The highest BCUT2D eigenvalue weighted by molar-refractivity contribution is 14.1. The van der Waals surface area contributed by atoms with Crippen molar-refractivity contribution in [1.82, 2.24) is 0 Å². The first-order valence-corrected chi connectivity index (χ1v) is 5.62. The van der Waals surface area contributed by atoms with E-state index in [1.165, 1.54) is 0 Å². The molecule has 1 saturated heterocycles. The maximum Gasteiger partial charge on any atom is 0.169 e. The average Bonchev–Trinajstić information content (AvgIpc) is 2.13. The van der Waals surface area contributed by atoms with Gasteiger partial charge in [0.15, 0.2) is 6.29 Å². The number of aliphatic hydroxyl groups is 3. The standard InChI is InChI=1S/C8H15IO4/c1-2-4-5(3-10)13-8(12)6(9)7(4)11/h4-8,10-12H,2-3H2,1H3/t4-,5?,6?,7?,8+/m1/s1. The third kappa shape index (κ3) is 2.33. The van der Waals surface area contributed by atoms with Crippen molar-refractivity contribution in [2.75, 3.05) is 6.61 Å². The van der Waals surface area contributed by atoms with Crippen LogP contribution in [0.4, 0.5) is 0 Å². The number of rotatable bonds is 2. The molecule has 0 spiro atoms. The van der Waals surface area contributed by atoms with E-state index in [9.17, 15) is 10.2 Å². The highest BCUT2D eigenvalue weighted by Gasteiger charge is 2.41. The number of aliphatic hydroxyl groups excluding tert-OH is 3. The number of hydrogen-bond donors (Lipinski definition) is 3. The monoisotopic (exact) mass is 302 g/mol. The summed E-state index contributed by atoms with van der Waals surface area (Å²) in [5.74, 6) is -0.0877. The molecule has 0 aliphatic carbocycles. The van der Waals surface area contributed by atoms with Crippen LogP contribution in [0.15, 0.2) is 0 Å². The molecule has 1 fully saturated rings. The Hall–Kier alpha value is 0.570. The van der Waals surface area contributed by atoms with E-state index < -0.39 is 18.5 Å². The minimum atomic E-state index is -0.976. The Bertz CT molecular complexity index is 164. The van der Waals surface area contributed by atoms with Gasteiger partial charge in [-0.1, -0.05) is 29.5 Å². The zero-order valence-corrected chi connectivity index (χ0v) is 9.59. The average molecular weight is 302 g/mol. The molecule has 3 unspecified atom stereocenters. The van der Waals surface area contributed by atoms with E-state index in [-0.39, 0.29) is 16.4 Å². The van der Waals surface area contributed by atoms with E-state index in [1.807, 2.05) is 29.5 Å². The van der Waals surface area contributed by atoms with Crippen LogP contribution in [0.25, 0.3) is 0 Å². The summed E-state index contributed by atoms with van der Waals surface area (Å²) in [7, 11) is 0. The third-order valence-electron chi connectivity index (χ3n) is 2.48. The minimum Gasteiger partial charge on any atom is -0.394 e. The molecule has 0 aromatic rings. The lowest BCUT2D eigenvalue weighted by molar-refractivity contribution is -0.214. The number of hydrogen-bond acceptors (Lipinski definition) is 4. The minimum absolute atomic E-state index is 0.0877. The topological polar surface area (TPSA) is 69.9 Å². The Morgan fingerprint density at radius 2 is 2.00 bits per heavy atom. The maximum absolute atomic E-state index is 9.75. The van der Waals surface area contributed by atoms with Crippen LogP contribution >= 0.6 is 22.6 Å². The summed E-state index contributed by atoms with van der Waals surface area (Å²) in [6, 6.07) is 0. The summed E-state index contributed by atoms with van der Waals surface area (Å²) in [6.45, 7) is 1.77. The van der Waals surface area contributed by atoms with Gasteiger partial charge in [-0.2, -0.15) is 0 Å². The van der Waals surface area contributed by atoms with E-state index in [2.05, 4.69) is 0 Å². The molecule has 78 valence electrons. The summed E-state index contributed by atoms with van der Waals surface area (Å²) in [4.78, 5) is 0. The summed E-state index contributed by atoms with van der Waals surface area (Å²) < 4.78 is 4.85. The predicted molar refractivity (Wildman–Crippen MR) is 55.6 cm³/mol. The van der Waals surface area contributed by atoms with Gasteiger partial charge in [-0.3, -0.25) is 0 Å². The molecule has 5 heteroatoms. The van der Waals surface area contributed by atoms with Gasteiger partial charge in [0.1, 0.15) is 0 Å². The number of halogens is 1. The molecule has 3 N–H and O–H groups in total. The fraction of sp³-hybridized carbons (Fsp3) is 1.00. The molecule has 0 amide bonds. The smallest absolute Gasteiger partial charge is 0.169 e. The normalized spacial score (nSPS) is 46.4. The molecule has 0 aromatic carbocycles.